The van der Waals surface area contributed by atoms with E-state index >= 15 is 0 Å². The number of nitrogen functional groups attached to an aromatic ring is 1. The molecule has 0 heterocycles. The Bertz CT molecular complexity index is 639. The van der Waals surface area contributed by atoms with Crippen LogP contribution in [0.3, 0.4) is 0 Å². The molecule has 5 nitrogen and oxygen atoms in total. The van der Waals surface area contributed by atoms with Crippen molar-refractivity contribution in [2.45, 2.75) is 19.8 Å². The van der Waals surface area contributed by atoms with E-state index in [0.29, 0.717) is 17.3 Å². The highest BCUT2D eigenvalue weighted by Crippen LogP contribution is 2.29. The number of non-ortho nitro benzene ring substituents is 1. The van der Waals surface area contributed by atoms with Gasteiger partial charge in [0.1, 0.15) is 0 Å². The van der Waals surface area contributed by atoms with Gasteiger partial charge in [-0.25, -0.2) is 0 Å². The Morgan fingerprint density at radius 3 is 2.55 bits per heavy atom. The summed E-state index contributed by atoms with van der Waals surface area (Å²) in [5, 5.41) is 14.1. The van der Waals surface area contributed by atoms with Gasteiger partial charge in [0, 0.05) is 29.2 Å². The monoisotopic (exact) mass is 271 g/mol. The number of nitrogens with one attached hydrogen (secondary N) is 1. The van der Waals surface area contributed by atoms with Gasteiger partial charge in [-0.15, -0.1) is 0 Å². The molecule has 0 saturated carbocycles. The van der Waals surface area contributed by atoms with Crippen molar-refractivity contribution in [3.05, 3.63) is 58.1 Å². The van der Waals surface area contributed by atoms with Crippen molar-refractivity contribution in [2.24, 2.45) is 0 Å². The molecule has 0 aliphatic heterocycles. The summed E-state index contributed by atoms with van der Waals surface area (Å²) in [5.74, 6) is 0.356. The number of hydrogen-bond donors (Lipinski definition) is 2. The van der Waals surface area contributed by atoms with Crippen LogP contribution in [0.4, 0.5) is 22.7 Å². The van der Waals surface area contributed by atoms with Gasteiger partial charge >= 0.3 is 0 Å². The predicted octanol–water partition coefficient (Wildman–Crippen LogP) is 4.04. The molecule has 0 aliphatic carbocycles. The largest absolute Gasteiger partial charge is 0.398 e. The molecule has 0 aliphatic rings. The Balaban J connectivity index is 2.37. The van der Waals surface area contributed by atoms with Crippen molar-refractivity contribution in [2.75, 3.05) is 11.1 Å². The molecule has 0 radical (unpaired) electrons. The van der Waals surface area contributed by atoms with Crippen LogP contribution >= 0.6 is 0 Å². The number of benzene rings is 2. The quantitative estimate of drug-likeness (QED) is 0.499. The third-order valence-electron chi connectivity index (χ3n) is 3.01. The summed E-state index contributed by atoms with van der Waals surface area (Å²) in [7, 11) is 0. The Hall–Kier alpha value is -2.56. The van der Waals surface area contributed by atoms with Gasteiger partial charge in [-0.2, -0.15) is 0 Å². The van der Waals surface area contributed by atoms with E-state index in [1.54, 1.807) is 6.07 Å². The SMILES string of the molecule is CC(C)c1ccccc1Nc1cc(N)cc([N+](=O)[O-])c1. The number of nitro benzene ring substituents is 1. The summed E-state index contributed by atoms with van der Waals surface area (Å²) in [6.07, 6.45) is 0. The minimum atomic E-state index is -0.449. The Morgan fingerprint density at radius 1 is 1.20 bits per heavy atom. The second-order valence-corrected chi connectivity index (χ2v) is 4.94. The first-order valence-electron chi connectivity index (χ1n) is 6.38. The molecule has 0 amide bonds. The van der Waals surface area contributed by atoms with Crippen LogP contribution in [0.15, 0.2) is 42.5 Å². The summed E-state index contributed by atoms with van der Waals surface area (Å²) in [6, 6.07) is 12.4. The van der Waals surface area contributed by atoms with Gasteiger partial charge in [0.25, 0.3) is 5.69 Å². The third kappa shape index (κ3) is 3.06. The summed E-state index contributed by atoms with van der Waals surface area (Å²) in [4.78, 5) is 10.4. The lowest BCUT2D eigenvalue weighted by Crippen LogP contribution is -1.99. The molecule has 0 saturated heterocycles. The molecular weight excluding hydrogens is 254 g/mol. The minimum absolute atomic E-state index is 0.0190. The van der Waals surface area contributed by atoms with E-state index in [1.807, 2.05) is 24.3 Å². The highest BCUT2D eigenvalue weighted by atomic mass is 16.6. The molecule has 2 aromatic rings. The maximum atomic E-state index is 10.9. The van der Waals surface area contributed by atoms with Gasteiger partial charge in [-0.1, -0.05) is 32.0 Å². The fourth-order valence-corrected chi connectivity index (χ4v) is 2.08. The van der Waals surface area contributed by atoms with Crippen LogP contribution in [0, 0.1) is 10.1 Å². The lowest BCUT2D eigenvalue weighted by Gasteiger charge is -2.14. The number of anilines is 3. The van der Waals surface area contributed by atoms with Crippen LogP contribution in [-0.4, -0.2) is 4.92 Å². The van der Waals surface area contributed by atoms with Gasteiger partial charge in [0.05, 0.1) is 4.92 Å². The van der Waals surface area contributed by atoms with Crippen molar-refractivity contribution in [3.8, 4) is 0 Å². The number of para-hydroxylation sites is 1. The van der Waals surface area contributed by atoms with E-state index in [2.05, 4.69) is 19.2 Å². The van der Waals surface area contributed by atoms with E-state index in [-0.39, 0.29) is 5.69 Å². The van der Waals surface area contributed by atoms with E-state index in [9.17, 15) is 10.1 Å². The summed E-state index contributed by atoms with van der Waals surface area (Å²) >= 11 is 0. The van der Waals surface area contributed by atoms with Crippen LogP contribution in [0.5, 0.6) is 0 Å². The first-order valence-corrected chi connectivity index (χ1v) is 6.38. The maximum Gasteiger partial charge on any atom is 0.273 e. The van der Waals surface area contributed by atoms with Crippen molar-refractivity contribution >= 4 is 22.7 Å². The molecule has 0 atom stereocenters. The molecule has 20 heavy (non-hydrogen) atoms. The lowest BCUT2D eigenvalue weighted by molar-refractivity contribution is -0.384. The van der Waals surface area contributed by atoms with Gasteiger partial charge < -0.3 is 11.1 Å². The molecular formula is C15H17N3O2. The van der Waals surface area contributed by atoms with Gasteiger partial charge in [0.2, 0.25) is 0 Å². The van der Waals surface area contributed by atoms with E-state index in [1.165, 1.54) is 12.1 Å². The van der Waals surface area contributed by atoms with E-state index in [0.717, 1.165) is 11.3 Å². The van der Waals surface area contributed by atoms with Crippen LogP contribution in [0.2, 0.25) is 0 Å². The third-order valence-corrected chi connectivity index (χ3v) is 3.01. The van der Waals surface area contributed by atoms with Crippen molar-refractivity contribution < 1.29 is 4.92 Å². The average molecular weight is 271 g/mol. The zero-order valence-corrected chi connectivity index (χ0v) is 11.5. The van der Waals surface area contributed by atoms with Crippen LogP contribution in [0.25, 0.3) is 0 Å². The molecule has 2 rings (SSSR count). The summed E-state index contributed by atoms with van der Waals surface area (Å²) < 4.78 is 0. The average Bonchev–Trinajstić information content (AvgIpc) is 2.38. The summed E-state index contributed by atoms with van der Waals surface area (Å²) in [6.45, 7) is 4.20. The van der Waals surface area contributed by atoms with Gasteiger partial charge in [-0.3, -0.25) is 10.1 Å². The van der Waals surface area contributed by atoms with Crippen LogP contribution in [-0.2, 0) is 0 Å². The second kappa shape index (κ2) is 5.61. The normalized spacial score (nSPS) is 10.6. The molecule has 5 heteroatoms. The smallest absolute Gasteiger partial charge is 0.273 e. The van der Waals surface area contributed by atoms with Crippen LogP contribution < -0.4 is 11.1 Å². The van der Waals surface area contributed by atoms with Gasteiger partial charge in [0.15, 0.2) is 0 Å². The first kappa shape index (κ1) is 13.9. The molecule has 104 valence electrons. The molecule has 2 aromatic carbocycles. The topological polar surface area (TPSA) is 81.2 Å². The Kier molecular flexibility index (Phi) is 3.89. The zero-order chi connectivity index (χ0) is 14.7. The van der Waals surface area contributed by atoms with Crippen molar-refractivity contribution in [3.63, 3.8) is 0 Å². The summed E-state index contributed by atoms with van der Waals surface area (Å²) in [5.41, 5.74) is 8.75. The lowest BCUT2D eigenvalue weighted by atomic mass is 10.0. The zero-order valence-electron chi connectivity index (χ0n) is 11.5. The molecule has 0 unspecified atom stereocenters. The Labute approximate surface area is 117 Å². The minimum Gasteiger partial charge on any atom is -0.398 e. The maximum absolute atomic E-state index is 10.9. The van der Waals surface area contributed by atoms with Crippen molar-refractivity contribution in [1.82, 2.24) is 0 Å². The first-order chi connectivity index (χ1) is 9.47. The number of nitrogens with zero attached hydrogens (tertiary/aromatic N) is 1. The number of hydrogen-bond acceptors (Lipinski definition) is 4. The van der Waals surface area contributed by atoms with E-state index < -0.39 is 4.92 Å². The highest BCUT2D eigenvalue weighted by Gasteiger charge is 2.10. The molecule has 0 aromatic heterocycles. The number of nitro groups is 1. The molecule has 0 fully saturated rings. The fraction of sp³-hybridized carbons (Fsp3) is 0.200. The van der Waals surface area contributed by atoms with Crippen LogP contribution in [0.1, 0.15) is 25.3 Å². The number of rotatable bonds is 4. The Morgan fingerprint density at radius 2 is 1.90 bits per heavy atom. The predicted molar refractivity (Wildman–Crippen MR) is 81.3 cm³/mol. The molecule has 0 spiro atoms. The second-order valence-electron chi connectivity index (χ2n) is 4.94. The number of nitrogens with two attached hydrogens (primary N) is 1. The standard InChI is InChI=1S/C15H17N3O2/c1-10(2)14-5-3-4-6-15(14)17-12-7-11(16)8-13(9-12)18(19)20/h3-10,17H,16H2,1-2H3. The van der Waals surface area contributed by atoms with Gasteiger partial charge in [-0.05, 0) is 23.6 Å². The molecule has 0 bridgehead atoms. The van der Waals surface area contributed by atoms with E-state index in [4.69, 9.17) is 5.73 Å². The van der Waals surface area contributed by atoms with Crippen molar-refractivity contribution in [1.29, 1.82) is 0 Å². The molecule has 3 N–H and O–H groups in total. The fourth-order valence-electron chi connectivity index (χ4n) is 2.08. The highest BCUT2D eigenvalue weighted by molar-refractivity contribution is 5.69.